The maximum absolute atomic E-state index is 12.2. The zero-order valence-electron chi connectivity index (χ0n) is 27.1. The van der Waals surface area contributed by atoms with E-state index in [1.807, 2.05) is 0 Å². The summed E-state index contributed by atoms with van der Waals surface area (Å²) >= 11 is 2.24. The summed E-state index contributed by atoms with van der Waals surface area (Å²) in [5, 5.41) is 8.36. The number of nitrogens with zero attached hydrogens (tertiary/aromatic N) is 5. The number of thioether (sulfide) groups is 2. The van der Waals surface area contributed by atoms with Gasteiger partial charge < -0.3 is 4.74 Å². The van der Waals surface area contributed by atoms with E-state index in [9.17, 15) is 42.8 Å². The van der Waals surface area contributed by atoms with E-state index < -0.39 is 61.8 Å². The van der Waals surface area contributed by atoms with Crippen molar-refractivity contribution in [2.75, 3.05) is 30.1 Å². The van der Waals surface area contributed by atoms with Gasteiger partial charge >= 0.3 is 0 Å². The van der Waals surface area contributed by atoms with E-state index in [0.717, 1.165) is 35.7 Å². The molecule has 282 valence electrons. The minimum absolute atomic E-state index is 0.0991. The quantitative estimate of drug-likeness (QED) is 0.0490. The molecule has 0 aliphatic carbocycles. The lowest BCUT2D eigenvalue weighted by Gasteiger charge is -2.12. The first-order valence-corrected chi connectivity index (χ1v) is 22.7. The highest BCUT2D eigenvalue weighted by Crippen LogP contribution is 2.36. The zero-order chi connectivity index (χ0) is 38.5. The van der Waals surface area contributed by atoms with Gasteiger partial charge in [0.15, 0.2) is 10.3 Å². The second kappa shape index (κ2) is 16.8. The number of hydrogen-bond acceptors (Lipinski definition) is 16. The monoisotopic (exact) mass is 837 g/mol. The Morgan fingerprint density at radius 3 is 1.81 bits per heavy atom. The van der Waals surface area contributed by atoms with Gasteiger partial charge in [-0.05, 0) is 49.6 Å². The molecule has 0 saturated heterocycles. The largest absolute Gasteiger partial charge is 0.496 e. The maximum atomic E-state index is 12.2. The molecule has 52 heavy (non-hydrogen) atoms. The van der Waals surface area contributed by atoms with Crippen LogP contribution in [0.1, 0.15) is 29.8 Å². The van der Waals surface area contributed by atoms with Crippen LogP contribution in [-0.2, 0) is 46.9 Å². The van der Waals surface area contributed by atoms with E-state index >= 15 is 0 Å². The van der Waals surface area contributed by atoms with Gasteiger partial charge in [0, 0.05) is 40.3 Å². The zero-order valence-corrected chi connectivity index (χ0v) is 32.0. The highest BCUT2D eigenvalue weighted by molar-refractivity contribution is 7.99. The minimum atomic E-state index is -4.87. The third-order valence-corrected chi connectivity index (χ3v) is 12.2. The van der Waals surface area contributed by atoms with Crippen LogP contribution in [0.4, 0.5) is 11.4 Å². The third kappa shape index (κ3) is 12.1. The molecule has 4 rings (SSSR count). The lowest BCUT2D eigenvalue weighted by molar-refractivity contribution is 0.410. The number of ether oxygens (including phenoxy) is 1. The van der Waals surface area contributed by atoms with Crippen LogP contribution in [0.25, 0.3) is 10.8 Å². The predicted octanol–water partition coefficient (Wildman–Crippen LogP) is 4.58. The fourth-order valence-electron chi connectivity index (χ4n) is 4.66. The molecule has 4 N–H and O–H groups in total. The van der Waals surface area contributed by atoms with E-state index in [0.29, 0.717) is 16.9 Å². The topological polar surface area (TPSA) is 290 Å². The Labute approximate surface area is 307 Å². The Bertz CT molecular complexity index is 2400. The molecule has 0 amide bonds. The molecule has 3 aromatic carbocycles. The van der Waals surface area contributed by atoms with Crippen LogP contribution < -0.4 is 4.74 Å². The van der Waals surface area contributed by atoms with Crippen molar-refractivity contribution in [3.05, 3.63) is 59.4 Å². The molecular formula is C28H31N5O13S6. The molecule has 1 aromatic heterocycles. The molecular weight excluding hydrogens is 807 g/mol. The van der Waals surface area contributed by atoms with E-state index in [4.69, 9.17) is 13.8 Å². The molecule has 4 aromatic rings. The van der Waals surface area contributed by atoms with Crippen molar-refractivity contribution in [1.29, 1.82) is 0 Å². The fraction of sp³-hybridized carbons (Fsp3) is 0.321. The van der Waals surface area contributed by atoms with Crippen LogP contribution in [0, 0.1) is 6.92 Å². The molecule has 0 bridgehead atoms. The number of benzene rings is 3. The van der Waals surface area contributed by atoms with Gasteiger partial charge in [0.2, 0.25) is 0 Å². The summed E-state index contributed by atoms with van der Waals surface area (Å²) in [6, 6.07) is 8.93. The van der Waals surface area contributed by atoms with Gasteiger partial charge in [-0.3, -0.25) is 18.2 Å². The van der Waals surface area contributed by atoms with Crippen LogP contribution in [0.3, 0.4) is 0 Å². The Morgan fingerprint density at radius 1 is 0.712 bits per heavy atom. The number of hydrogen-bond donors (Lipinski definition) is 4. The number of fused-ring (bicyclic) bond motifs is 1. The number of azo groups is 1. The second-order valence-electron chi connectivity index (χ2n) is 10.9. The number of methoxy groups -OCH3 is 1. The van der Waals surface area contributed by atoms with Crippen molar-refractivity contribution in [1.82, 2.24) is 15.0 Å². The SMILES string of the molecule is COc1cc(N=Nc2cc(S(=O)(=O)O)c3cccc(S(=O)(=O)O)c3c2)c(C)cc1Cc1nc(SCCCS(=O)(=O)O)nc(SCCCS(=O)(=O)O)n1. The van der Waals surface area contributed by atoms with E-state index in [1.54, 1.807) is 13.0 Å². The minimum Gasteiger partial charge on any atom is -0.496 e. The van der Waals surface area contributed by atoms with Crippen LogP contribution in [0.5, 0.6) is 5.75 Å². The molecule has 18 nitrogen and oxygen atoms in total. The Hall–Kier alpha value is -3.33. The summed E-state index contributed by atoms with van der Waals surface area (Å²) < 4.78 is 136. The van der Waals surface area contributed by atoms with Crippen molar-refractivity contribution in [2.24, 2.45) is 10.2 Å². The van der Waals surface area contributed by atoms with Gasteiger partial charge in [-0.15, -0.1) is 0 Å². The van der Waals surface area contributed by atoms with Crippen molar-refractivity contribution in [3.8, 4) is 5.75 Å². The van der Waals surface area contributed by atoms with Crippen molar-refractivity contribution in [3.63, 3.8) is 0 Å². The Kier molecular flexibility index (Phi) is 13.4. The lowest BCUT2D eigenvalue weighted by atomic mass is 10.1. The smallest absolute Gasteiger partial charge is 0.295 e. The molecule has 0 unspecified atom stereocenters. The average Bonchev–Trinajstić information content (AvgIpc) is 3.02. The molecule has 1 heterocycles. The first-order valence-electron chi connectivity index (χ1n) is 14.6. The van der Waals surface area contributed by atoms with E-state index in [-0.39, 0.29) is 69.1 Å². The molecule has 0 fully saturated rings. The van der Waals surface area contributed by atoms with Crippen LogP contribution in [0.2, 0.25) is 0 Å². The number of aryl methyl sites for hydroxylation is 1. The maximum Gasteiger partial charge on any atom is 0.295 e. The summed E-state index contributed by atoms with van der Waals surface area (Å²) in [5.74, 6) is 0.180. The summed E-state index contributed by atoms with van der Waals surface area (Å²) in [6.07, 6.45) is 0.326. The van der Waals surface area contributed by atoms with Crippen molar-refractivity contribution < 1.29 is 56.6 Å². The summed E-state index contributed by atoms with van der Waals surface area (Å²) in [7, 11) is -16.6. The highest BCUT2D eigenvalue weighted by atomic mass is 32.2. The van der Waals surface area contributed by atoms with E-state index in [1.165, 1.54) is 31.4 Å². The highest BCUT2D eigenvalue weighted by Gasteiger charge is 2.22. The normalized spacial score (nSPS) is 12.9. The van der Waals surface area contributed by atoms with Crippen molar-refractivity contribution >= 4 is 86.1 Å². The molecule has 0 radical (unpaired) electrons. The van der Waals surface area contributed by atoms with Crippen molar-refractivity contribution in [2.45, 2.75) is 46.3 Å². The molecule has 0 atom stereocenters. The predicted molar refractivity (Wildman–Crippen MR) is 192 cm³/mol. The summed E-state index contributed by atoms with van der Waals surface area (Å²) in [6.45, 7) is 1.69. The average molecular weight is 838 g/mol. The van der Waals surface area contributed by atoms with Gasteiger partial charge in [-0.2, -0.15) is 48.9 Å². The molecule has 0 aliphatic heterocycles. The molecule has 0 saturated carbocycles. The lowest BCUT2D eigenvalue weighted by Crippen LogP contribution is -2.07. The van der Waals surface area contributed by atoms with Crippen LogP contribution in [0.15, 0.2) is 72.8 Å². The summed E-state index contributed by atoms with van der Waals surface area (Å²) in [4.78, 5) is 12.0. The van der Waals surface area contributed by atoms with Gasteiger partial charge in [0.05, 0.1) is 30.0 Å². The Balaban J connectivity index is 1.66. The third-order valence-electron chi connectivity index (χ3n) is 6.88. The molecule has 0 spiro atoms. The Morgan fingerprint density at radius 2 is 1.29 bits per heavy atom. The number of aromatic nitrogens is 3. The molecule has 0 aliphatic rings. The van der Waals surface area contributed by atoms with Gasteiger partial charge in [0.25, 0.3) is 40.5 Å². The van der Waals surface area contributed by atoms with Crippen LogP contribution >= 0.6 is 23.5 Å². The van der Waals surface area contributed by atoms with E-state index in [2.05, 4.69) is 25.2 Å². The summed E-state index contributed by atoms with van der Waals surface area (Å²) in [5.41, 5.74) is 1.25. The van der Waals surface area contributed by atoms with Gasteiger partial charge in [0.1, 0.15) is 21.4 Å². The first-order chi connectivity index (χ1) is 24.1. The standard InChI is InChI=1S/C28H31N5O13S6/c1-17-12-18(13-26-29-27(47-8-4-10-49(34,35)36)31-28(30-26)48-9-5-11-50(37,38)39)23(46-2)16-22(17)33-32-19-14-21-20(25(15-19)52(43,44)45)6-3-7-24(21)51(40,41)42/h3,6-7,12,14-16H,4-5,8-11,13H2,1-2H3,(H,34,35,36)(H,37,38,39)(H,40,41,42)(H,43,44,45). The number of rotatable bonds is 17. The first kappa shape index (κ1) is 41.4. The van der Waals surface area contributed by atoms with Gasteiger partial charge in [-0.25, -0.2) is 9.97 Å². The van der Waals surface area contributed by atoms with Gasteiger partial charge in [-0.1, -0.05) is 35.7 Å². The van der Waals surface area contributed by atoms with Crippen LogP contribution in [-0.4, -0.2) is 97.0 Å². The molecule has 24 heteroatoms. The second-order valence-corrected chi connectivity index (χ2v) is 18.9. The fourth-order valence-corrected chi connectivity index (χ4v) is 9.10.